The minimum Gasteiger partial charge on any atom is -0.465 e. The minimum atomic E-state index is -1.87. The molecule has 0 radical (unpaired) electrons. The van der Waals surface area contributed by atoms with E-state index in [1.54, 1.807) is 12.1 Å². The molecule has 168 valence electrons. The number of esters is 1. The molecular weight excluding hydrogens is 448 g/mol. The fraction of sp³-hybridized carbons (Fsp3) is 0.261. The van der Waals surface area contributed by atoms with E-state index in [0.29, 0.717) is 23.5 Å². The lowest BCUT2D eigenvalue weighted by molar-refractivity contribution is -0.114. The maximum Gasteiger partial charge on any atom is 0.337 e. The molecular formula is C23H24N2O5S2. The van der Waals surface area contributed by atoms with E-state index < -0.39 is 11.1 Å². The lowest BCUT2D eigenvalue weighted by atomic mass is 10.0. The van der Waals surface area contributed by atoms with Gasteiger partial charge in [-0.3, -0.25) is 4.79 Å². The quantitative estimate of drug-likeness (QED) is 0.360. The van der Waals surface area contributed by atoms with Crippen molar-refractivity contribution in [3.05, 3.63) is 81.4 Å². The number of hydrogen-bond donors (Lipinski definition) is 2. The summed E-state index contributed by atoms with van der Waals surface area (Å²) in [5.41, 5.74) is 4.34. The Morgan fingerprint density at radius 3 is 2.25 bits per heavy atom. The first-order valence-corrected chi connectivity index (χ1v) is 12.0. The predicted octanol–water partition coefficient (Wildman–Crippen LogP) is 3.99. The van der Waals surface area contributed by atoms with Gasteiger partial charge in [-0.05, 0) is 41.7 Å². The van der Waals surface area contributed by atoms with Crippen LogP contribution in [-0.4, -0.2) is 32.7 Å². The Kier molecular flexibility index (Phi) is 8.26. The van der Waals surface area contributed by atoms with E-state index >= 15 is 0 Å². The largest absolute Gasteiger partial charge is 0.465 e. The summed E-state index contributed by atoms with van der Waals surface area (Å²) in [4.78, 5) is 28.7. The number of benzene rings is 2. The summed E-state index contributed by atoms with van der Waals surface area (Å²) >= 11 is -0.418. The molecule has 0 spiro atoms. The number of amides is 1. The van der Waals surface area contributed by atoms with Crippen molar-refractivity contribution in [1.82, 2.24) is 4.98 Å². The van der Waals surface area contributed by atoms with Crippen molar-refractivity contribution in [2.45, 2.75) is 31.9 Å². The third-order valence-corrected chi connectivity index (χ3v) is 6.36. The molecule has 32 heavy (non-hydrogen) atoms. The number of aromatic nitrogens is 1. The number of ether oxygens (including phenoxy) is 1. The SMILES string of the molecule is COC(=O)c1ccc(CCc2nc(NC(C)=O)sc2Cc2ccc(CS(=O)O)cc2)cc1. The van der Waals surface area contributed by atoms with Crippen LogP contribution >= 0.6 is 11.3 Å². The van der Waals surface area contributed by atoms with Crippen LogP contribution in [0, 0.1) is 0 Å². The van der Waals surface area contributed by atoms with Gasteiger partial charge in [0.25, 0.3) is 0 Å². The van der Waals surface area contributed by atoms with E-state index in [4.69, 9.17) is 9.29 Å². The van der Waals surface area contributed by atoms with Gasteiger partial charge in [0.2, 0.25) is 5.91 Å². The van der Waals surface area contributed by atoms with Crippen LogP contribution in [0.25, 0.3) is 0 Å². The number of anilines is 1. The van der Waals surface area contributed by atoms with Crippen LogP contribution in [-0.2, 0) is 45.6 Å². The van der Waals surface area contributed by atoms with Gasteiger partial charge in [-0.1, -0.05) is 36.4 Å². The lowest BCUT2D eigenvalue weighted by Crippen LogP contribution is -2.05. The van der Waals surface area contributed by atoms with Gasteiger partial charge in [0.15, 0.2) is 16.2 Å². The van der Waals surface area contributed by atoms with Crippen molar-refractivity contribution in [3.63, 3.8) is 0 Å². The van der Waals surface area contributed by atoms with Crippen LogP contribution < -0.4 is 5.32 Å². The number of thiazole rings is 1. The first-order chi connectivity index (χ1) is 15.3. The highest BCUT2D eigenvalue weighted by molar-refractivity contribution is 7.78. The fourth-order valence-corrected chi connectivity index (χ4v) is 4.76. The molecule has 3 aromatic rings. The number of carbonyl (C=O) groups is 2. The Morgan fingerprint density at radius 1 is 1.03 bits per heavy atom. The number of nitrogens with zero attached hydrogens (tertiary/aromatic N) is 1. The Hall–Kier alpha value is -2.88. The van der Waals surface area contributed by atoms with Crippen LogP contribution in [0.1, 0.15) is 44.5 Å². The van der Waals surface area contributed by atoms with Crippen molar-refractivity contribution >= 4 is 39.4 Å². The lowest BCUT2D eigenvalue weighted by Gasteiger charge is -2.05. The summed E-state index contributed by atoms with van der Waals surface area (Å²) < 4.78 is 24.7. The first-order valence-electron chi connectivity index (χ1n) is 9.92. The molecule has 2 aromatic carbocycles. The molecule has 0 aliphatic rings. The van der Waals surface area contributed by atoms with E-state index in [1.807, 2.05) is 36.4 Å². The van der Waals surface area contributed by atoms with E-state index in [2.05, 4.69) is 10.3 Å². The second kappa shape index (κ2) is 11.1. The van der Waals surface area contributed by atoms with Crippen molar-refractivity contribution in [3.8, 4) is 0 Å². The van der Waals surface area contributed by atoms with Crippen LogP contribution in [0.3, 0.4) is 0 Å². The molecule has 0 saturated heterocycles. The van der Waals surface area contributed by atoms with Crippen LogP contribution in [0.2, 0.25) is 0 Å². The number of rotatable bonds is 9. The third-order valence-electron chi connectivity index (χ3n) is 4.76. The van der Waals surface area contributed by atoms with Gasteiger partial charge in [0.05, 0.1) is 24.1 Å². The molecule has 1 amide bonds. The molecule has 0 bridgehead atoms. The zero-order valence-corrected chi connectivity index (χ0v) is 19.4. The van der Waals surface area contributed by atoms with Crippen molar-refractivity contribution in [1.29, 1.82) is 0 Å². The molecule has 2 N–H and O–H groups in total. The number of carbonyl (C=O) groups excluding carboxylic acids is 2. The molecule has 1 heterocycles. The Morgan fingerprint density at radius 2 is 1.66 bits per heavy atom. The van der Waals surface area contributed by atoms with Gasteiger partial charge >= 0.3 is 5.97 Å². The smallest absolute Gasteiger partial charge is 0.337 e. The number of methoxy groups -OCH3 is 1. The van der Waals surface area contributed by atoms with E-state index in [-0.39, 0.29) is 17.6 Å². The highest BCUT2D eigenvalue weighted by Gasteiger charge is 2.14. The standard InChI is InChI=1S/C23H24N2O5S2/c1-15(26)24-23-25-20(12-9-16-7-10-19(11-8-16)22(27)30-2)21(31-23)13-17-3-5-18(6-4-17)14-32(28)29/h3-8,10-11H,9,12-14H2,1-2H3,(H,28,29)(H,24,25,26). The van der Waals surface area contributed by atoms with Crippen LogP contribution in [0.15, 0.2) is 48.5 Å². The molecule has 1 atom stereocenters. The second-order valence-corrected chi connectivity index (χ2v) is 9.23. The molecule has 0 fully saturated rings. The Balaban J connectivity index is 1.74. The molecule has 1 aromatic heterocycles. The van der Waals surface area contributed by atoms with Gasteiger partial charge in [0, 0.05) is 18.2 Å². The zero-order chi connectivity index (χ0) is 23.1. The summed E-state index contributed by atoms with van der Waals surface area (Å²) in [6.45, 7) is 1.45. The summed E-state index contributed by atoms with van der Waals surface area (Å²) in [5, 5.41) is 3.33. The normalized spacial score (nSPS) is 11.7. The van der Waals surface area contributed by atoms with Gasteiger partial charge in [-0.15, -0.1) is 11.3 Å². The van der Waals surface area contributed by atoms with Crippen molar-refractivity contribution in [2.75, 3.05) is 12.4 Å². The highest BCUT2D eigenvalue weighted by atomic mass is 32.2. The summed E-state index contributed by atoms with van der Waals surface area (Å²) in [5.74, 6) is -0.431. The predicted molar refractivity (Wildman–Crippen MR) is 125 cm³/mol. The molecule has 0 aliphatic carbocycles. The van der Waals surface area contributed by atoms with Gasteiger partial charge in [-0.2, -0.15) is 0 Å². The molecule has 3 rings (SSSR count). The molecule has 0 saturated carbocycles. The molecule has 0 aliphatic heterocycles. The molecule has 9 heteroatoms. The second-order valence-electron chi connectivity index (χ2n) is 7.22. The maximum atomic E-state index is 11.6. The summed E-state index contributed by atoms with van der Waals surface area (Å²) in [6, 6.07) is 14.9. The Bertz CT molecular complexity index is 1110. The minimum absolute atomic E-state index is 0.105. The molecule has 1 unspecified atom stereocenters. The number of nitrogens with one attached hydrogen (secondary N) is 1. The first kappa shape index (κ1) is 23.8. The fourth-order valence-electron chi connectivity index (χ4n) is 3.19. The number of aryl methyl sites for hydroxylation is 2. The average Bonchev–Trinajstić information content (AvgIpc) is 3.13. The van der Waals surface area contributed by atoms with Crippen molar-refractivity contribution in [2.24, 2.45) is 0 Å². The van der Waals surface area contributed by atoms with Crippen molar-refractivity contribution < 1.29 is 23.1 Å². The summed E-state index contributed by atoms with van der Waals surface area (Å²) in [6.07, 6.45) is 2.07. The van der Waals surface area contributed by atoms with E-state index in [9.17, 15) is 13.8 Å². The van der Waals surface area contributed by atoms with Crippen LogP contribution in [0.4, 0.5) is 5.13 Å². The average molecular weight is 473 g/mol. The Labute approximate surface area is 193 Å². The highest BCUT2D eigenvalue weighted by Crippen LogP contribution is 2.27. The summed E-state index contributed by atoms with van der Waals surface area (Å²) in [7, 11) is 1.35. The maximum absolute atomic E-state index is 11.6. The van der Waals surface area contributed by atoms with Gasteiger partial charge in [-0.25, -0.2) is 14.0 Å². The van der Waals surface area contributed by atoms with E-state index in [1.165, 1.54) is 25.4 Å². The molecule has 7 nitrogen and oxygen atoms in total. The number of hydrogen-bond acceptors (Lipinski definition) is 6. The third kappa shape index (κ3) is 6.81. The van der Waals surface area contributed by atoms with Gasteiger partial charge < -0.3 is 14.6 Å². The van der Waals surface area contributed by atoms with Gasteiger partial charge in [0.1, 0.15) is 0 Å². The van der Waals surface area contributed by atoms with Crippen LogP contribution in [0.5, 0.6) is 0 Å². The monoisotopic (exact) mass is 472 g/mol. The van der Waals surface area contributed by atoms with E-state index in [0.717, 1.165) is 33.7 Å². The zero-order valence-electron chi connectivity index (χ0n) is 17.8. The topological polar surface area (TPSA) is 106 Å².